The van der Waals surface area contributed by atoms with Gasteiger partial charge in [-0.15, -0.1) is 0 Å². The van der Waals surface area contributed by atoms with E-state index in [2.05, 4.69) is 21.6 Å². The predicted molar refractivity (Wildman–Crippen MR) is 90.2 cm³/mol. The Hall–Kier alpha value is -3.59. The molecule has 0 unspecified atom stereocenters. The minimum atomic E-state index is -1.09. The van der Waals surface area contributed by atoms with E-state index >= 15 is 0 Å². The van der Waals surface area contributed by atoms with Crippen LogP contribution in [0.5, 0.6) is 0 Å². The number of anilines is 2. The summed E-state index contributed by atoms with van der Waals surface area (Å²) in [6, 6.07) is 17.0. The van der Waals surface area contributed by atoms with Gasteiger partial charge in [0.2, 0.25) is 0 Å². The Balaban J connectivity index is 1.92. The summed E-state index contributed by atoms with van der Waals surface area (Å²) in [5.74, 6) is -1.09. The molecule has 6 nitrogen and oxygen atoms in total. The van der Waals surface area contributed by atoms with Crippen molar-refractivity contribution >= 4 is 17.3 Å². The van der Waals surface area contributed by atoms with Crippen LogP contribution in [0, 0.1) is 18.3 Å². The third kappa shape index (κ3) is 2.96. The minimum Gasteiger partial charge on any atom is -0.476 e. The molecule has 0 bridgehead atoms. The highest BCUT2D eigenvalue weighted by Crippen LogP contribution is 2.27. The zero-order chi connectivity index (χ0) is 17.1. The van der Waals surface area contributed by atoms with Crippen molar-refractivity contribution in [2.75, 3.05) is 5.32 Å². The molecule has 0 amide bonds. The number of hydrogen-bond acceptors (Lipinski definition) is 4. The average molecular weight is 318 g/mol. The van der Waals surface area contributed by atoms with Crippen molar-refractivity contribution in [3.05, 3.63) is 65.5 Å². The average Bonchev–Trinajstić information content (AvgIpc) is 2.96. The Morgan fingerprint density at radius 3 is 2.62 bits per heavy atom. The highest BCUT2D eigenvalue weighted by Gasteiger charge is 2.16. The first kappa shape index (κ1) is 15.3. The van der Waals surface area contributed by atoms with Crippen molar-refractivity contribution in [2.24, 2.45) is 0 Å². The normalized spacial score (nSPS) is 10.2. The number of rotatable bonds is 4. The first-order valence-electron chi connectivity index (χ1n) is 7.24. The predicted octanol–water partition coefficient (Wildman–Crippen LogP) is 3.70. The molecule has 0 aliphatic heterocycles. The van der Waals surface area contributed by atoms with Crippen LogP contribution in [-0.2, 0) is 0 Å². The molecule has 3 rings (SSSR count). The van der Waals surface area contributed by atoms with Crippen LogP contribution in [0.15, 0.2) is 48.5 Å². The molecule has 24 heavy (non-hydrogen) atoms. The Labute approximate surface area is 138 Å². The highest BCUT2D eigenvalue weighted by atomic mass is 16.4. The summed E-state index contributed by atoms with van der Waals surface area (Å²) in [5, 5.41) is 27.6. The van der Waals surface area contributed by atoms with E-state index in [0.29, 0.717) is 16.9 Å². The molecule has 118 valence electrons. The van der Waals surface area contributed by atoms with E-state index in [9.17, 15) is 9.90 Å². The lowest BCUT2D eigenvalue weighted by Crippen LogP contribution is -2.02. The maximum absolute atomic E-state index is 11.2. The molecule has 1 aromatic heterocycles. The van der Waals surface area contributed by atoms with Crippen molar-refractivity contribution < 1.29 is 9.90 Å². The summed E-state index contributed by atoms with van der Waals surface area (Å²) >= 11 is 0. The number of hydrogen-bond donors (Lipinski definition) is 3. The second-order valence-corrected chi connectivity index (χ2v) is 5.27. The maximum Gasteiger partial charge on any atom is 0.358 e. The molecular weight excluding hydrogens is 304 g/mol. The van der Waals surface area contributed by atoms with Gasteiger partial charge in [0.05, 0.1) is 23.0 Å². The molecule has 0 spiro atoms. The van der Waals surface area contributed by atoms with Gasteiger partial charge >= 0.3 is 5.97 Å². The van der Waals surface area contributed by atoms with Gasteiger partial charge in [-0.1, -0.05) is 24.3 Å². The standard InChI is InChI=1S/C18H14N4O2/c1-11-16(17(18(23)24)22-21-11)20-15-4-2-3-14(9-15)13-7-5-12(10-19)6-8-13/h2-9,20H,1H3,(H,21,22)(H,23,24). The number of nitrogens with zero attached hydrogens (tertiary/aromatic N) is 2. The SMILES string of the molecule is Cc1[nH]nc(C(=O)O)c1Nc1cccc(-c2ccc(C#N)cc2)c1. The van der Waals surface area contributed by atoms with Crippen LogP contribution >= 0.6 is 0 Å². The van der Waals surface area contributed by atoms with Crippen LogP contribution in [0.4, 0.5) is 11.4 Å². The number of carboxylic acids is 1. The van der Waals surface area contributed by atoms with E-state index in [4.69, 9.17) is 5.26 Å². The zero-order valence-corrected chi connectivity index (χ0v) is 12.9. The van der Waals surface area contributed by atoms with Crippen LogP contribution in [-0.4, -0.2) is 21.3 Å². The molecule has 0 saturated heterocycles. The van der Waals surface area contributed by atoms with Gasteiger partial charge in [0.25, 0.3) is 0 Å². The number of aromatic carboxylic acids is 1. The van der Waals surface area contributed by atoms with Crippen LogP contribution < -0.4 is 5.32 Å². The number of aromatic nitrogens is 2. The van der Waals surface area contributed by atoms with Gasteiger partial charge in [-0.05, 0) is 42.3 Å². The molecule has 0 aliphatic rings. The number of aryl methyl sites for hydroxylation is 1. The lowest BCUT2D eigenvalue weighted by Gasteiger charge is -2.09. The van der Waals surface area contributed by atoms with Crippen molar-refractivity contribution in [1.82, 2.24) is 10.2 Å². The van der Waals surface area contributed by atoms with Crippen molar-refractivity contribution in [3.63, 3.8) is 0 Å². The van der Waals surface area contributed by atoms with Crippen molar-refractivity contribution in [3.8, 4) is 17.2 Å². The maximum atomic E-state index is 11.2. The van der Waals surface area contributed by atoms with E-state index in [1.54, 1.807) is 19.1 Å². The van der Waals surface area contributed by atoms with E-state index in [1.165, 1.54) is 0 Å². The first-order valence-corrected chi connectivity index (χ1v) is 7.24. The summed E-state index contributed by atoms with van der Waals surface area (Å²) in [6.45, 7) is 1.76. The minimum absolute atomic E-state index is 0.0451. The third-order valence-electron chi connectivity index (χ3n) is 3.63. The number of aromatic amines is 1. The van der Waals surface area contributed by atoms with Crippen LogP contribution in [0.1, 0.15) is 21.7 Å². The Bertz CT molecular complexity index is 936. The first-order chi connectivity index (χ1) is 11.6. The molecule has 1 heterocycles. The van der Waals surface area contributed by atoms with Crippen molar-refractivity contribution in [1.29, 1.82) is 5.26 Å². The van der Waals surface area contributed by atoms with Gasteiger partial charge in [-0.3, -0.25) is 5.10 Å². The second kappa shape index (κ2) is 6.26. The van der Waals surface area contributed by atoms with Crippen LogP contribution in [0.3, 0.4) is 0 Å². The molecule has 0 radical (unpaired) electrons. The van der Waals surface area contributed by atoms with Crippen LogP contribution in [0.2, 0.25) is 0 Å². The smallest absolute Gasteiger partial charge is 0.358 e. The molecule has 6 heteroatoms. The Morgan fingerprint density at radius 1 is 1.21 bits per heavy atom. The van der Waals surface area contributed by atoms with E-state index in [-0.39, 0.29) is 5.69 Å². The molecule has 3 N–H and O–H groups in total. The number of carbonyl (C=O) groups is 1. The topological polar surface area (TPSA) is 102 Å². The molecule has 0 atom stereocenters. The Morgan fingerprint density at radius 2 is 1.96 bits per heavy atom. The largest absolute Gasteiger partial charge is 0.476 e. The van der Waals surface area contributed by atoms with Gasteiger partial charge in [0.15, 0.2) is 5.69 Å². The summed E-state index contributed by atoms with van der Waals surface area (Å²) < 4.78 is 0. The lowest BCUT2D eigenvalue weighted by atomic mass is 10.0. The molecule has 0 aliphatic carbocycles. The summed E-state index contributed by atoms with van der Waals surface area (Å²) in [6.07, 6.45) is 0. The zero-order valence-electron chi connectivity index (χ0n) is 12.9. The summed E-state index contributed by atoms with van der Waals surface area (Å²) in [4.78, 5) is 11.2. The number of nitriles is 1. The number of benzene rings is 2. The van der Waals surface area contributed by atoms with Gasteiger partial charge in [0.1, 0.15) is 0 Å². The van der Waals surface area contributed by atoms with E-state index in [1.807, 2.05) is 36.4 Å². The monoisotopic (exact) mass is 318 g/mol. The van der Waals surface area contributed by atoms with Gasteiger partial charge in [0, 0.05) is 5.69 Å². The quantitative estimate of drug-likeness (QED) is 0.681. The molecule has 0 saturated carbocycles. The van der Waals surface area contributed by atoms with Gasteiger partial charge < -0.3 is 10.4 Å². The molecule has 0 fully saturated rings. The number of nitrogens with one attached hydrogen (secondary N) is 2. The fraction of sp³-hybridized carbons (Fsp3) is 0.0556. The van der Waals surface area contributed by atoms with Gasteiger partial charge in [-0.25, -0.2) is 4.79 Å². The van der Waals surface area contributed by atoms with Crippen LogP contribution in [0.25, 0.3) is 11.1 Å². The molecule has 3 aromatic rings. The highest BCUT2D eigenvalue weighted by molar-refractivity contribution is 5.93. The third-order valence-corrected chi connectivity index (χ3v) is 3.63. The lowest BCUT2D eigenvalue weighted by molar-refractivity contribution is 0.0691. The number of H-pyrrole nitrogens is 1. The molecular formula is C18H14N4O2. The Kier molecular flexibility index (Phi) is 4.00. The van der Waals surface area contributed by atoms with E-state index in [0.717, 1.165) is 16.8 Å². The van der Waals surface area contributed by atoms with Gasteiger partial charge in [-0.2, -0.15) is 10.4 Å². The summed E-state index contributed by atoms with van der Waals surface area (Å²) in [7, 11) is 0. The van der Waals surface area contributed by atoms with Crippen molar-refractivity contribution in [2.45, 2.75) is 6.92 Å². The molecule has 2 aromatic carbocycles. The second-order valence-electron chi connectivity index (χ2n) is 5.27. The fourth-order valence-electron chi connectivity index (χ4n) is 2.39. The number of carboxylic acid groups (broad SMARTS) is 1. The summed E-state index contributed by atoms with van der Waals surface area (Å²) in [5.41, 5.74) is 4.34. The fourth-order valence-corrected chi connectivity index (χ4v) is 2.39. The van der Waals surface area contributed by atoms with E-state index < -0.39 is 5.97 Å².